The molecule has 0 bridgehead atoms. The predicted octanol–water partition coefficient (Wildman–Crippen LogP) is 2.68. The van der Waals surface area contributed by atoms with Crippen LogP contribution in [0.2, 0.25) is 0 Å². The largest absolute Gasteiger partial charge is 0.477 e. The summed E-state index contributed by atoms with van der Waals surface area (Å²) in [5.74, 6) is 1.35. The van der Waals surface area contributed by atoms with Gasteiger partial charge in [-0.15, -0.1) is 0 Å². The number of aromatic nitrogens is 3. The minimum absolute atomic E-state index is 0.0487. The second-order valence-corrected chi connectivity index (χ2v) is 7.17. The van der Waals surface area contributed by atoms with E-state index in [1.54, 1.807) is 12.3 Å². The molecule has 2 aromatic rings. The van der Waals surface area contributed by atoms with Gasteiger partial charge < -0.3 is 9.64 Å². The zero-order valence-corrected chi connectivity index (χ0v) is 14.6. The van der Waals surface area contributed by atoms with Crippen LogP contribution in [0.1, 0.15) is 41.6 Å². The van der Waals surface area contributed by atoms with E-state index in [4.69, 9.17) is 4.74 Å². The molecule has 1 amide bonds. The average molecular weight is 340 g/mol. The van der Waals surface area contributed by atoms with Crippen LogP contribution in [-0.4, -0.2) is 44.8 Å². The molecule has 1 aliphatic heterocycles. The fourth-order valence-corrected chi connectivity index (χ4v) is 3.32. The quantitative estimate of drug-likeness (QED) is 0.811. The Morgan fingerprint density at radius 1 is 1.28 bits per heavy atom. The van der Waals surface area contributed by atoms with Crippen molar-refractivity contribution < 1.29 is 9.53 Å². The summed E-state index contributed by atoms with van der Waals surface area (Å²) in [6, 6.07) is 3.82. The Labute approximate surface area is 147 Å². The van der Waals surface area contributed by atoms with Gasteiger partial charge in [-0.3, -0.25) is 9.48 Å². The summed E-state index contributed by atoms with van der Waals surface area (Å²) in [5, 5.41) is 4.35. The summed E-state index contributed by atoms with van der Waals surface area (Å²) < 4.78 is 7.57. The van der Waals surface area contributed by atoms with Crippen LogP contribution in [0.15, 0.2) is 30.7 Å². The molecule has 0 radical (unpaired) electrons. The van der Waals surface area contributed by atoms with Gasteiger partial charge in [-0.2, -0.15) is 5.10 Å². The lowest BCUT2D eigenvalue weighted by atomic mass is 10.2. The molecule has 2 aromatic heterocycles. The Kier molecular flexibility index (Phi) is 4.42. The van der Waals surface area contributed by atoms with E-state index < -0.39 is 0 Å². The summed E-state index contributed by atoms with van der Waals surface area (Å²) in [4.78, 5) is 19.1. The number of likely N-dealkylation sites (tertiary alicyclic amines) is 1. The molecule has 0 N–H and O–H groups in total. The van der Waals surface area contributed by atoms with Gasteiger partial charge in [0.15, 0.2) is 0 Å². The van der Waals surface area contributed by atoms with Crippen molar-refractivity contribution in [1.82, 2.24) is 19.7 Å². The number of carbonyl (C=O) groups is 1. The van der Waals surface area contributed by atoms with Gasteiger partial charge in [-0.25, -0.2) is 4.98 Å². The Morgan fingerprint density at radius 2 is 2.16 bits per heavy atom. The van der Waals surface area contributed by atoms with Crippen LogP contribution in [0.5, 0.6) is 5.88 Å². The molecule has 2 fully saturated rings. The fraction of sp³-hybridized carbons (Fsp3) is 0.526. The van der Waals surface area contributed by atoms with Gasteiger partial charge >= 0.3 is 0 Å². The van der Waals surface area contributed by atoms with Crippen LogP contribution < -0.4 is 4.74 Å². The molecule has 3 heterocycles. The molecule has 6 heteroatoms. The van der Waals surface area contributed by atoms with Crippen LogP contribution >= 0.6 is 0 Å². The molecule has 1 saturated heterocycles. The van der Waals surface area contributed by atoms with Crippen molar-refractivity contribution >= 4 is 5.91 Å². The van der Waals surface area contributed by atoms with Gasteiger partial charge in [-0.05, 0) is 50.2 Å². The lowest BCUT2D eigenvalue weighted by molar-refractivity contribution is 0.0721. The number of nitrogens with zero attached hydrogens (tertiary/aromatic N) is 4. The van der Waals surface area contributed by atoms with Gasteiger partial charge in [0.2, 0.25) is 5.88 Å². The first kappa shape index (κ1) is 16.1. The van der Waals surface area contributed by atoms with Crippen LogP contribution in [0.3, 0.4) is 0 Å². The fourth-order valence-electron chi connectivity index (χ4n) is 3.32. The van der Waals surface area contributed by atoms with Crippen molar-refractivity contribution in [2.24, 2.45) is 5.92 Å². The van der Waals surface area contributed by atoms with Gasteiger partial charge in [-0.1, -0.05) is 0 Å². The molecule has 0 unspecified atom stereocenters. The smallest absolute Gasteiger partial charge is 0.255 e. The highest BCUT2D eigenvalue weighted by atomic mass is 16.5. The Bertz CT molecular complexity index is 736. The highest BCUT2D eigenvalue weighted by molar-refractivity contribution is 5.94. The van der Waals surface area contributed by atoms with Crippen molar-refractivity contribution in [1.29, 1.82) is 0 Å². The number of rotatable bonds is 6. The molecule has 2 aliphatic rings. The second kappa shape index (κ2) is 6.86. The van der Waals surface area contributed by atoms with E-state index in [0.717, 1.165) is 38.1 Å². The predicted molar refractivity (Wildman–Crippen MR) is 93.5 cm³/mol. The van der Waals surface area contributed by atoms with Crippen molar-refractivity contribution in [2.45, 2.75) is 45.2 Å². The monoisotopic (exact) mass is 340 g/mol. The van der Waals surface area contributed by atoms with Gasteiger partial charge in [0.25, 0.3) is 5.91 Å². The number of amides is 1. The van der Waals surface area contributed by atoms with Crippen molar-refractivity contribution in [2.75, 3.05) is 13.2 Å². The van der Waals surface area contributed by atoms with E-state index in [2.05, 4.69) is 10.1 Å². The highest BCUT2D eigenvalue weighted by Gasteiger charge is 2.30. The van der Waals surface area contributed by atoms with Crippen molar-refractivity contribution in [3.8, 4) is 5.88 Å². The Balaban J connectivity index is 1.39. The number of hydrogen-bond acceptors (Lipinski definition) is 4. The van der Waals surface area contributed by atoms with Gasteiger partial charge in [0.05, 0.1) is 31.0 Å². The molecular weight excluding hydrogens is 316 g/mol. The highest BCUT2D eigenvalue weighted by Crippen LogP contribution is 2.29. The van der Waals surface area contributed by atoms with E-state index >= 15 is 0 Å². The lowest BCUT2D eigenvalue weighted by Gasteiger charge is -2.24. The average Bonchev–Trinajstić information content (AvgIpc) is 3.20. The zero-order chi connectivity index (χ0) is 17.2. The van der Waals surface area contributed by atoms with E-state index in [-0.39, 0.29) is 11.9 Å². The summed E-state index contributed by atoms with van der Waals surface area (Å²) >= 11 is 0. The minimum atomic E-state index is 0.0487. The third-order valence-corrected chi connectivity index (χ3v) is 4.95. The van der Waals surface area contributed by atoms with Gasteiger partial charge in [0, 0.05) is 25.0 Å². The third kappa shape index (κ3) is 3.83. The molecule has 25 heavy (non-hydrogen) atoms. The Hall–Kier alpha value is -2.37. The third-order valence-electron chi connectivity index (χ3n) is 4.95. The zero-order valence-electron chi connectivity index (χ0n) is 14.6. The Morgan fingerprint density at radius 3 is 2.84 bits per heavy atom. The molecule has 1 atom stereocenters. The van der Waals surface area contributed by atoms with E-state index in [1.165, 1.54) is 12.8 Å². The molecular formula is C19H24N4O2. The summed E-state index contributed by atoms with van der Waals surface area (Å²) in [6.07, 6.45) is 10.1. The van der Waals surface area contributed by atoms with Crippen LogP contribution in [0, 0.1) is 12.8 Å². The normalized spacial score (nSPS) is 20.0. The van der Waals surface area contributed by atoms with E-state index in [1.807, 2.05) is 35.0 Å². The maximum Gasteiger partial charge on any atom is 0.255 e. The number of aryl methyl sites for hydroxylation is 1. The SMILES string of the molecule is Cc1cnn(C[C@@H]2CCCN2C(=O)c2ccc(OCC3CC3)nc2)c1. The minimum Gasteiger partial charge on any atom is -0.477 e. The van der Waals surface area contributed by atoms with E-state index in [9.17, 15) is 4.79 Å². The summed E-state index contributed by atoms with van der Waals surface area (Å²) in [7, 11) is 0. The molecule has 0 aromatic carbocycles. The molecule has 1 saturated carbocycles. The number of carbonyl (C=O) groups excluding carboxylic acids is 1. The number of pyridine rings is 1. The first-order chi connectivity index (χ1) is 12.2. The van der Waals surface area contributed by atoms with Crippen LogP contribution in [-0.2, 0) is 6.54 Å². The van der Waals surface area contributed by atoms with Crippen LogP contribution in [0.4, 0.5) is 0 Å². The summed E-state index contributed by atoms with van der Waals surface area (Å²) in [6.45, 7) is 4.30. The second-order valence-electron chi connectivity index (χ2n) is 7.17. The number of ether oxygens (including phenoxy) is 1. The first-order valence-corrected chi connectivity index (χ1v) is 9.08. The molecule has 4 rings (SSSR count). The van der Waals surface area contributed by atoms with Crippen molar-refractivity contribution in [3.05, 3.63) is 41.9 Å². The maximum absolute atomic E-state index is 12.9. The van der Waals surface area contributed by atoms with E-state index in [0.29, 0.717) is 17.4 Å². The molecule has 1 aliphatic carbocycles. The van der Waals surface area contributed by atoms with Gasteiger partial charge in [0.1, 0.15) is 0 Å². The number of hydrogen-bond donors (Lipinski definition) is 0. The topological polar surface area (TPSA) is 60.2 Å². The first-order valence-electron chi connectivity index (χ1n) is 9.08. The van der Waals surface area contributed by atoms with Crippen molar-refractivity contribution in [3.63, 3.8) is 0 Å². The summed E-state index contributed by atoms with van der Waals surface area (Å²) in [5.41, 5.74) is 1.77. The molecule has 0 spiro atoms. The van der Waals surface area contributed by atoms with Crippen LogP contribution in [0.25, 0.3) is 0 Å². The lowest BCUT2D eigenvalue weighted by Crippen LogP contribution is -2.38. The maximum atomic E-state index is 12.9. The molecule has 6 nitrogen and oxygen atoms in total. The molecule has 132 valence electrons. The standard InChI is InChI=1S/C19H24N4O2/c1-14-9-21-22(11-14)12-17-3-2-8-23(17)19(24)16-6-7-18(20-10-16)25-13-15-4-5-15/h6-7,9-11,15,17H,2-5,8,12-13H2,1H3/t17-/m0/s1.